The maximum Gasteiger partial charge on any atom is 0.306 e. The molecule has 2 saturated heterocycles. The molecule has 8 heteroatoms. The molecule has 0 aromatic heterocycles. The molecule has 0 radical (unpaired) electrons. The van der Waals surface area contributed by atoms with Crippen LogP contribution in [0, 0.1) is 34.5 Å². The highest BCUT2D eigenvalue weighted by Gasteiger charge is 2.83. The quantitative estimate of drug-likeness (QED) is 0.390. The molecule has 0 aromatic rings. The first kappa shape index (κ1) is 18.7. The fraction of sp³-hybridized carbons (Fsp3) is 0.800. The van der Waals surface area contributed by atoms with E-state index >= 15 is 0 Å². The van der Waals surface area contributed by atoms with Crippen molar-refractivity contribution in [1.82, 2.24) is 0 Å². The Labute approximate surface area is 162 Å². The third-order valence-corrected chi connectivity index (χ3v) is 8.59. The van der Waals surface area contributed by atoms with Gasteiger partial charge in [0.2, 0.25) is 0 Å². The summed E-state index contributed by atoms with van der Waals surface area (Å²) in [6.45, 7) is 5.07. The van der Waals surface area contributed by atoms with Crippen LogP contribution in [0.25, 0.3) is 0 Å². The molecule has 0 aromatic carbocycles. The van der Waals surface area contributed by atoms with Gasteiger partial charge in [0.1, 0.15) is 18.3 Å². The predicted molar refractivity (Wildman–Crippen MR) is 92.4 cm³/mol. The third kappa shape index (κ3) is 1.72. The van der Waals surface area contributed by atoms with E-state index in [-0.39, 0.29) is 13.0 Å². The van der Waals surface area contributed by atoms with E-state index in [4.69, 9.17) is 9.47 Å². The van der Waals surface area contributed by atoms with Crippen molar-refractivity contribution in [3.63, 3.8) is 0 Å². The van der Waals surface area contributed by atoms with E-state index in [1.54, 1.807) is 20.8 Å². The van der Waals surface area contributed by atoms with Crippen molar-refractivity contribution in [3.8, 4) is 0 Å². The SMILES string of the molecule is CC1=CC(=O)C(O)C2(C)C1C(O)C1OC(=O)CC3C(C)C(O)C4(O)OCC31C42. The summed E-state index contributed by atoms with van der Waals surface area (Å²) in [4.78, 5) is 24.9. The lowest BCUT2D eigenvalue weighted by Gasteiger charge is -2.68. The number of rotatable bonds is 0. The highest BCUT2D eigenvalue weighted by atomic mass is 16.6. The Morgan fingerprint density at radius 3 is 2.57 bits per heavy atom. The van der Waals surface area contributed by atoms with Crippen molar-refractivity contribution in [2.24, 2.45) is 34.5 Å². The number of carbonyl (C=O) groups is 2. The summed E-state index contributed by atoms with van der Waals surface area (Å²) in [6, 6.07) is 0. The van der Waals surface area contributed by atoms with Crippen molar-refractivity contribution in [2.45, 2.75) is 57.4 Å². The van der Waals surface area contributed by atoms with Gasteiger partial charge in [-0.2, -0.15) is 0 Å². The normalized spacial score (nSPS) is 59.9. The summed E-state index contributed by atoms with van der Waals surface area (Å²) in [6.07, 6.45) is -3.57. The molecule has 5 aliphatic rings. The van der Waals surface area contributed by atoms with E-state index in [2.05, 4.69) is 0 Å². The van der Waals surface area contributed by atoms with Crippen molar-refractivity contribution in [3.05, 3.63) is 11.6 Å². The predicted octanol–water partition coefficient (Wildman–Crippen LogP) is -0.863. The number of hydrogen-bond acceptors (Lipinski definition) is 8. The zero-order valence-corrected chi connectivity index (χ0v) is 16.0. The summed E-state index contributed by atoms with van der Waals surface area (Å²) in [5, 5.41) is 44.8. The highest BCUT2D eigenvalue weighted by molar-refractivity contribution is 5.96. The minimum Gasteiger partial charge on any atom is -0.459 e. The fourth-order valence-corrected chi connectivity index (χ4v) is 7.69. The highest BCUT2D eigenvalue weighted by Crippen LogP contribution is 2.73. The van der Waals surface area contributed by atoms with E-state index in [0.717, 1.165) is 0 Å². The zero-order valence-electron chi connectivity index (χ0n) is 16.0. The number of ether oxygens (including phenoxy) is 2. The first-order valence-electron chi connectivity index (χ1n) is 9.83. The lowest BCUT2D eigenvalue weighted by atomic mass is 9.37. The van der Waals surface area contributed by atoms with Gasteiger partial charge in [-0.15, -0.1) is 0 Å². The lowest BCUT2D eigenvalue weighted by molar-refractivity contribution is -0.344. The van der Waals surface area contributed by atoms with Crippen molar-refractivity contribution in [1.29, 1.82) is 0 Å². The van der Waals surface area contributed by atoms with Crippen LogP contribution in [0.5, 0.6) is 0 Å². The molecular formula is C20H26O8. The van der Waals surface area contributed by atoms with Crippen molar-refractivity contribution < 1.29 is 39.5 Å². The average Bonchev–Trinajstić information content (AvgIpc) is 2.91. The monoisotopic (exact) mass is 394 g/mol. The second-order valence-corrected chi connectivity index (χ2v) is 9.64. The number of esters is 1. The van der Waals surface area contributed by atoms with Crippen LogP contribution in [-0.2, 0) is 19.1 Å². The van der Waals surface area contributed by atoms with Crippen LogP contribution in [0.1, 0.15) is 27.2 Å². The summed E-state index contributed by atoms with van der Waals surface area (Å²) in [5.74, 6) is -5.50. The Bertz CT molecular complexity index is 808. The first-order chi connectivity index (χ1) is 13.0. The van der Waals surface area contributed by atoms with Gasteiger partial charge in [-0.05, 0) is 24.8 Å². The molecule has 11 unspecified atom stereocenters. The molecule has 3 aliphatic carbocycles. The largest absolute Gasteiger partial charge is 0.459 e. The van der Waals surface area contributed by atoms with Gasteiger partial charge in [-0.25, -0.2) is 0 Å². The number of carbonyl (C=O) groups excluding carboxylic acids is 2. The minimum atomic E-state index is -2.01. The second kappa shape index (κ2) is 5.23. The molecule has 4 N–H and O–H groups in total. The molecule has 154 valence electrons. The van der Waals surface area contributed by atoms with Gasteiger partial charge in [0.25, 0.3) is 0 Å². The van der Waals surface area contributed by atoms with Gasteiger partial charge in [0.15, 0.2) is 11.6 Å². The average molecular weight is 394 g/mol. The summed E-state index contributed by atoms with van der Waals surface area (Å²) < 4.78 is 11.4. The molecule has 8 nitrogen and oxygen atoms in total. The van der Waals surface area contributed by atoms with E-state index in [0.29, 0.717) is 5.57 Å². The smallest absolute Gasteiger partial charge is 0.306 e. The zero-order chi connectivity index (χ0) is 20.4. The Balaban J connectivity index is 1.82. The van der Waals surface area contributed by atoms with Crippen LogP contribution < -0.4 is 0 Å². The molecule has 2 aliphatic heterocycles. The van der Waals surface area contributed by atoms with E-state index in [1.165, 1.54) is 6.08 Å². The maximum atomic E-state index is 12.5. The van der Waals surface area contributed by atoms with E-state index < -0.39 is 76.5 Å². The van der Waals surface area contributed by atoms with Gasteiger partial charge in [-0.3, -0.25) is 9.59 Å². The van der Waals surface area contributed by atoms with Crippen LogP contribution in [-0.4, -0.2) is 69.0 Å². The molecule has 2 bridgehead atoms. The number of hydrogen-bond donors (Lipinski definition) is 4. The molecule has 4 fully saturated rings. The summed E-state index contributed by atoms with van der Waals surface area (Å²) >= 11 is 0. The van der Waals surface area contributed by atoms with Crippen LogP contribution in [0.4, 0.5) is 0 Å². The van der Waals surface area contributed by atoms with Gasteiger partial charge < -0.3 is 29.9 Å². The van der Waals surface area contributed by atoms with Crippen LogP contribution >= 0.6 is 0 Å². The van der Waals surface area contributed by atoms with E-state index in [9.17, 15) is 30.0 Å². The Hall–Kier alpha value is -1.32. The van der Waals surface area contributed by atoms with Gasteiger partial charge in [0, 0.05) is 29.1 Å². The number of aliphatic hydroxyl groups is 4. The fourth-order valence-electron chi connectivity index (χ4n) is 7.69. The molecule has 28 heavy (non-hydrogen) atoms. The lowest BCUT2D eigenvalue weighted by Crippen LogP contribution is -2.78. The summed E-state index contributed by atoms with van der Waals surface area (Å²) in [5.41, 5.74) is -1.74. The topological polar surface area (TPSA) is 134 Å². The maximum absolute atomic E-state index is 12.5. The molecule has 11 atom stereocenters. The van der Waals surface area contributed by atoms with Crippen LogP contribution in [0.2, 0.25) is 0 Å². The molecule has 1 spiro atoms. The molecular weight excluding hydrogens is 368 g/mol. The molecule has 5 rings (SSSR count). The second-order valence-electron chi connectivity index (χ2n) is 9.64. The first-order valence-corrected chi connectivity index (χ1v) is 9.83. The Morgan fingerprint density at radius 1 is 1.21 bits per heavy atom. The van der Waals surface area contributed by atoms with Crippen molar-refractivity contribution >= 4 is 11.8 Å². The van der Waals surface area contributed by atoms with Crippen molar-refractivity contribution in [2.75, 3.05) is 6.61 Å². The molecule has 2 saturated carbocycles. The Kier molecular flexibility index (Phi) is 3.49. The van der Waals surface area contributed by atoms with Gasteiger partial charge >= 0.3 is 5.97 Å². The minimum absolute atomic E-state index is 0.0248. The molecule has 2 heterocycles. The number of aliphatic hydroxyl groups excluding tert-OH is 3. The standard InChI is InChI=1S/C20H26O8/c1-7-4-10(21)15(25)18(3)12(7)13(23)16-19-6-27-20(26,17(18)19)14(24)8(2)9(19)5-11(22)28-16/h4,8-9,12-17,23-26H,5-6H2,1-3H3. The van der Waals surface area contributed by atoms with Gasteiger partial charge in [-0.1, -0.05) is 19.4 Å². The summed E-state index contributed by atoms with van der Waals surface area (Å²) in [7, 11) is 0. The van der Waals surface area contributed by atoms with Crippen LogP contribution in [0.15, 0.2) is 11.6 Å². The number of fused-ring (bicyclic) bond motifs is 1. The Morgan fingerprint density at radius 2 is 1.89 bits per heavy atom. The van der Waals surface area contributed by atoms with Gasteiger partial charge in [0.05, 0.1) is 12.7 Å². The van der Waals surface area contributed by atoms with Crippen LogP contribution in [0.3, 0.4) is 0 Å². The van der Waals surface area contributed by atoms with E-state index in [1.807, 2.05) is 0 Å². The third-order valence-electron chi connectivity index (χ3n) is 8.59. The number of ketones is 1. The molecule has 0 amide bonds.